The Morgan fingerprint density at radius 3 is 2.13 bits per heavy atom. The van der Waals surface area contributed by atoms with Crippen LogP contribution in [-0.4, -0.2) is 90.0 Å². The molecule has 0 spiro atoms. The maximum Gasteiger partial charge on any atom is 0.337 e. The number of hydrogen-bond acceptors (Lipinski definition) is 8. The van der Waals surface area contributed by atoms with Gasteiger partial charge < -0.3 is 28.7 Å². The fraction of sp³-hybridized carbons (Fsp3) is 0.457. The number of nitrogens with zero attached hydrogens (tertiary/aromatic N) is 3. The minimum absolute atomic E-state index is 0. The zero-order chi connectivity index (χ0) is 32.0. The van der Waals surface area contributed by atoms with Crippen LogP contribution in [0.4, 0.5) is 5.69 Å². The number of carbonyl (C=O) groups excluding carboxylic acids is 1. The van der Waals surface area contributed by atoms with E-state index in [2.05, 4.69) is 15.9 Å². The lowest BCUT2D eigenvalue weighted by Crippen LogP contribution is -2.48. The number of halogens is 3. The Morgan fingerprint density at radius 1 is 0.851 bits per heavy atom. The standard InChI is InChI=1S/C35H45ClN3O5S.2ClH/c1-25-28-10-6-7-11-33(28)45-39(2,35(25)40)29-24-27(36)12-13-30(29)44-21-9-8-15-37-17-19-38(20-18-37)16-14-26-22-31(41-3)34(43-5)32(23-26)42-4;;/h6-7,10-13,22-25H,8-9,14-21H2,1-5H3;2*1H/q+1;;. The van der Waals surface area contributed by atoms with Crippen LogP contribution < -0.4 is 22.8 Å². The first-order valence-electron chi connectivity index (χ1n) is 15.6. The van der Waals surface area contributed by atoms with Gasteiger partial charge in [0, 0.05) is 43.8 Å². The molecule has 1 saturated heterocycles. The number of likely N-dealkylation sites (N-methyl/N-ethyl adjacent to an activating group) is 1. The monoisotopic (exact) mass is 726 g/mol. The smallest absolute Gasteiger partial charge is 0.337 e. The molecular formula is C35H47Cl3N3O5S+. The quantitative estimate of drug-likeness (QED) is 0.102. The van der Waals surface area contributed by atoms with Crippen molar-refractivity contribution in [1.29, 1.82) is 0 Å². The van der Waals surface area contributed by atoms with Gasteiger partial charge in [0.05, 0.1) is 45.8 Å². The van der Waals surface area contributed by atoms with Crippen LogP contribution in [0.5, 0.6) is 23.0 Å². The Morgan fingerprint density at radius 2 is 1.49 bits per heavy atom. The number of fused-ring (bicyclic) bond motifs is 1. The summed E-state index contributed by atoms with van der Waals surface area (Å²) in [7, 11) is 6.88. The molecule has 2 atom stereocenters. The fourth-order valence-electron chi connectivity index (χ4n) is 6.20. The molecule has 0 N–H and O–H groups in total. The highest BCUT2D eigenvalue weighted by Gasteiger charge is 2.48. The molecule has 0 aromatic heterocycles. The Labute approximate surface area is 301 Å². The topological polar surface area (TPSA) is 60.5 Å². The van der Waals surface area contributed by atoms with Crippen LogP contribution in [0.15, 0.2) is 59.5 Å². The number of benzene rings is 3. The second-order valence-corrected chi connectivity index (χ2v) is 13.5. The largest absolute Gasteiger partial charge is 0.493 e. The Hall–Kier alpha value is -2.37. The number of quaternary nitrogens is 1. The highest BCUT2D eigenvalue weighted by Crippen LogP contribution is 2.49. The third-order valence-corrected chi connectivity index (χ3v) is 10.4. The summed E-state index contributed by atoms with van der Waals surface area (Å²) in [6.07, 6.45) is 2.92. The Balaban J connectivity index is 0.00000300. The van der Waals surface area contributed by atoms with Gasteiger partial charge in [-0.2, -0.15) is 3.89 Å². The summed E-state index contributed by atoms with van der Waals surface area (Å²) in [5, 5.41) is 0.596. The second-order valence-electron chi connectivity index (χ2n) is 11.7. The average Bonchev–Trinajstić information content (AvgIpc) is 3.06. The molecule has 258 valence electrons. The number of piperazine rings is 1. The fourth-order valence-corrected chi connectivity index (χ4v) is 7.74. The normalized spacial score (nSPS) is 19.6. The van der Waals surface area contributed by atoms with Gasteiger partial charge >= 0.3 is 5.91 Å². The zero-order valence-electron chi connectivity index (χ0n) is 27.8. The lowest BCUT2D eigenvalue weighted by molar-refractivity contribution is -0.126. The van der Waals surface area contributed by atoms with Crippen LogP contribution in [0.2, 0.25) is 5.02 Å². The SMILES string of the molecule is COc1cc(CCN2CCN(CCCCOc3ccc(Cl)cc3[N+]3(C)Sc4ccccc4C(C)C3=O)CC2)cc(OC)c1OC.Cl.Cl. The van der Waals surface area contributed by atoms with Gasteiger partial charge in [0.25, 0.3) is 0 Å². The lowest BCUT2D eigenvalue weighted by atomic mass is 9.99. The predicted molar refractivity (Wildman–Crippen MR) is 197 cm³/mol. The zero-order valence-corrected chi connectivity index (χ0v) is 31.0. The van der Waals surface area contributed by atoms with Crippen molar-refractivity contribution in [2.75, 3.05) is 74.3 Å². The molecule has 12 heteroatoms. The van der Waals surface area contributed by atoms with Gasteiger partial charge in [-0.05, 0) is 74.2 Å². The predicted octanol–water partition coefficient (Wildman–Crippen LogP) is 7.52. The molecule has 47 heavy (non-hydrogen) atoms. The van der Waals surface area contributed by atoms with Crippen LogP contribution in [0.25, 0.3) is 0 Å². The minimum Gasteiger partial charge on any atom is -0.493 e. The summed E-state index contributed by atoms with van der Waals surface area (Å²) in [6, 6.07) is 17.8. The molecule has 3 aromatic carbocycles. The first kappa shape index (κ1) is 39.1. The van der Waals surface area contributed by atoms with Crippen LogP contribution >= 0.6 is 48.4 Å². The van der Waals surface area contributed by atoms with E-state index in [0.717, 1.165) is 80.4 Å². The van der Waals surface area contributed by atoms with Gasteiger partial charge in [-0.1, -0.05) is 29.8 Å². The van der Waals surface area contributed by atoms with Gasteiger partial charge in [-0.25, -0.2) is 4.79 Å². The molecule has 2 unspecified atom stereocenters. The molecule has 0 aliphatic carbocycles. The molecule has 0 radical (unpaired) electrons. The van der Waals surface area contributed by atoms with Crippen molar-refractivity contribution < 1.29 is 23.7 Å². The van der Waals surface area contributed by atoms with Crippen molar-refractivity contribution in [2.45, 2.75) is 37.0 Å². The first-order valence-corrected chi connectivity index (χ1v) is 16.8. The molecule has 2 aliphatic heterocycles. The van der Waals surface area contributed by atoms with Crippen molar-refractivity contribution in [3.05, 3.63) is 70.7 Å². The third-order valence-electron chi connectivity index (χ3n) is 8.87. The van der Waals surface area contributed by atoms with Crippen LogP contribution in [-0.2, 0) is 11.2 Å². The molecule has 1 amide bonds. The van der Waals surface area contributed by atoms with Crippen molar-refractivity contribution >= 4 is 60.0 Å². The van der Waals surface area contributed by atoms with E-state index in [0.29, 0.717) is 28.9 Å². The first-order chi connectivity index (χ1) is 21.8. The summed E-state index contributed by atoms with van der Waals surface area (Å²) in [5.41, 5.74) is 3.04. The summed E-state index contributed by atoms with van der Waals surface area (Å²) in [6.45, 7) is 8.85. The highest BCUT2D eigenvalue weighted by molar-refractivity contribution is 7.99. The second kappa shape index (κ2) is 17.9. The molecule has 5 rings (SSSR count). The van der Waals surface area contributed by atoms with Gasteiger partial charge in [0.15, 0.2) is 22.9 Å². The van der Waals surface area contributed by atoms with Crippen molar-refractivity contribution in [3.8, 4) is 23.0 Å². The summed E-state index contributed by atoms with van der Waals surface area (Å²) in [4.78, 5) is 19.8. The Kier molecular flexibility index (Phi) is 14.8. The number of hydrogen-bond donors (Lipinski definition) is 0. The number of methoxy groups -OCH3 is 3. The van der Waals surface area contributed by atoms with Crippen molar-refractivity contribution in [3.63, 3.8) is 0 Å². The van der Waals surface area contributed by atoms with E-state index in [1.54, 1.807) is 21.3 Å². The van der Waals surface area contributed by atoms with Crippen LogP contribution in [0.3, 0.4) is 0 Å². The number of unbranched alkanes of at least 4 members (excludes halogenated alkanes) is 1. The highest BCUT2D eigenvalue weighted by atomic mass is 35.5. The maximum atomic E-state index is 13.7. The number of carbonyl (C=O) groups is 1. The van der Waals surface area contributed by atoms with E-state index in [1.165, 1.54) is 17.5 Å². The van der Waals surface area contributed by atoms with Gasteiger partial charge in [0.1, 0.15) is 11.9 Å². The van der Waals surface area contributed by atoms with E-state index in [1.807, 2.05) is 62.5 Å². The summed E-state index contributed by atoms with van der Waals surface area (Å²) < 4.78 is 22.9. The minimum atomic E-state index is -0.214. The molecule has 2 heterocycles. The molecule has 2 aliphatic rings. The van der Waals surface area contributed by atoms with E-state index in [9.17, 15) is 4.79 Å². The molecule has 1 fully saturated rings. The maximum absolute atomic E-state index is 13.7. The number of amides is 1. The molecule has 0 saturated carbocycles. The molecule has 0 bridgehead atoms. The van der Waals surface area contributed by atoms with Crippen LogP contribution in [0.1, 0.15) is 36.8 Å². The molecular weight excluding hydrogens is 681 g/mol. The summed E-state index contributed by atoms with van der Waals surface area (Å²) in [5.74, 6) is 2.65. The van der Waals surface area contributed by atoms with E-state index in [4.69, 9.17) is 30.5 Å². The molecule has 3 aromatic rings. The number of ether oxygens (including phenoxy) is 4. The van der Waals surface area contributed by atoms with Crippen LogP contribution in [0, 0.1) is 0 Å². The van der Waals surface area contributed by atoms with Gasteiger partial charge in [-0.15, -0.1) is 24.8 Å². The third kappa shape index (κ3) is 9.01. The van der Waals surface area contributed by atoms with Gasteiger partial charge in [-0.3, -0.25) is 0 Å². The van der Waals surface area contributed by atoms with Gasteiger partial charge in [0.2, 0.25) is 5.75 Å². The van der Waals surface area contributed by atoms with Crippen molar-refractivity contribution in [2.24, 2.45) is 0 Å². The van der Waals surface area contributed by atoms with Crippen molar-refractivity contribution in [1.82, 2.24) is 13.7 Å². The Bertz CT molecular complexity index is 1470. The number of rotatable bonds is 13. The average molecular weight is 728 g/mol. The summed E-state index contributed by atoms with van der Waals surface area (Å²) >= 11 is 7.98. The van der Waals surface area contributed by atoms with E-state index < -0.39 is 0 Å². The lowest BCUT2D eigenvalue weighted by Gasteiger charge is -2.36. The molecule has 8 nitrogen and oxygen atoms in total. The van der Waals surface area contributed by atoms with E-state index >= 15 is 0 Å². The van der Waals surface area contributed by atoms with E-state index in [-0.39, 0.29) is 40.5 Å².